The van der Waals surface area contributed by atoms with Gasteiger partial charge in [-0.3, -0.25) is 4.99 Å². The first kappa shape index (κ1) is 17.2. The molecular weight excluding hydrogens is 428 g/mol. The number of halogens is 2. The summed E-state index contributed by atoms with van der Waals surface area (Å²) in [7, 11) is 0. The van der Waals surface area contributed by atoms with Crippen molar-refractivity contribution in [2.45, 2.75) is 20.8 Å². The molecule has 0 spiro atoms. The number of nitrogens with zero attached hydrogens (tertiary/aromatic N) is 2. The SMILES string of the molecule is Cc1ccc(N=Cc2cc(C)n(-c3ccc(Br)cc3)c2C)c(Br)c1. The van der Waals surface area contributed by atoms with E-state index in [2.05, 4.69) is 105 Å². The van der Waals surface area contributed by atoms with Crippen LogP contribution in [0.4, 0.5) is 5.69 Å². The second kappa shape index (κ2) is 7.08. The molecule has 2 aromatic carbocycles. The van der Waals surface area contributed by atoms with Gasteiger partial charge in [0.05, 0.1) is 5.69 Å². The highest BCUT2D eigenvalue weighted by atomic mass is 79.9. The van der Waals surface area contributed by atoms with Crippen LogP contribution in [-0.4, -0.2) is 10.8 Å². The summed E-state index contributed by atoms with van der Waals surface area (Å²) in [5.41, 5.74) is 6.82. The maximum absolute atomic E-state index is 4.65. The van der Waals surface area contributed by atoms with Gasteiger partial charge in [-0.1, -0.05) is 22.0 Å². The molecule has 0 saturated carbocycles. The molecule has 0 N–H and O–H groups in total. The summed E-state index contributed by atoms with van der Waals surface area (Å²) in [4.78, 5) is 4.65. The van der Waals surface area contributed by atoms with Crippen LogP contribution in [0.2, 0.25) is 0 Å². The summed E-state index contributed by atoms with van der Waals surface area (Å²) in [6.07, 6.45) is 1.94. The number of aryl methyl sites for hydroxylation is 2. The van der Waals surface area contributed by atoms with Crippen LogP contribution in [-0.2, 0) is 0 Å². The van der Waals surface area contributed by atoms with Crippen LogP contribution >= 0.6 is 31.9 Å². The van der Waals surface area contributed by atoms with E-state index in [-0.39, 0.29) is 0 Å². The molecule has 1 heterocycles. The third-order valence-corrected chi connectivity index (χ3v) is 5.16. The number of aromatic nitrogens is 1. The zero-order chi connectivity index (χ0) is 17.3. The molecule has 0 aliphatic heterocycles. The average Bonchev–Trinajstić information content (AvgIpc) is 2.82. The molecule has 0 aliphatic rings. The maximum Gasteiger partial charge on any atom is 0.0772 e. The highest BCUT2D eigenvalue weighted by Crippen LogP contribution is 2.27. The molecule has 2 nitrogen and oxygen atoms in total. The highest BCUT2D eigenvalue weighted by molar-refractivity contribution is 9.10. The van der Waals surface area contributed by atoms with E-state index < -0.39 is 0 Å². The summed E-state index contributed by atoms with van der Waals surface area (Å²) in [5, 5.41) is 0. The molecule has 0 atom stereocenters. The van der Waals surface area contributed by atoms with Crippen molar-refractivity contribution in [3.8, 4) is 5.69 Å². The van der Waals surface area contributed by atoms with Crippen molar-refractivity contribution in [2.24, 2.45) is 4.99 Å². The predicted molar refractivity (Wildman–Crippen MR) is 109 cm³/mol. The van der Waals surface area contributed by atoms with Gasteiger partial charge in [0.2, 0.25) is 0 Å². The van der Waals surface area contributed by atoms with Crippen LogP contribution in [0.25, 0.3) is 5.69 Å². The summed E-state index contributed by atoms with van der Waals surface area (Å²) < 4.78 is 4.35. The fourth-order valence-electron chi connectivity index (χ4n) is 2.76. The molecule has 4 heteroatoms. The second-order valence-electron chi connectivity index (χ2n) is 5.85. The number of benzene rings is 2. The van der Waals surface area contributed by atoms with E-state index in [1.54, 1.807) is 0 Å². The quantitative estimate of drug-likeness (QED) is 0.400. The first-order valence-electron chi connectivity index (χ1n) is 7.71. The number of hydrogen-bond acceptors (Lipinski definition) is 1. The Balaban J connectivity index is 1.97. The van der Waals surface area contributed by atoms with Crippen LogP contribution in [0.3, 0.4) is 0 Å². The minimum absolute atomic E-state index is 0.939. The Morgan fingerprint density at radius 3 is 2.29 bits per heavy atom. The standard InChI is InChI=1S/C20H18Br2N2/c1-13-4-9-20(19(22)10-13)23-12-16-11-14(2)24(15(16)3)18-7-5-17(21)6-8-18/h4-12H,1-3H3. The molecule has 3 rings (SSSR count). The Morgan fingerprint density at radius 2 is 1.62 bits per heavy atom. The Morgan fingerprint density at radius 1 is 0.917 bits per heavy atom. The van der Waals surface area contributed by atoms with Crippen molar-refractivity contribution in [1.82, 2.24) is 4.57 Å². The molecule has 0 bridgehead atoms. The van der Waals surface area contributed by atoms with E-state index in [1.807, 2.05) is 12.3 Å². The van der Waals surface area contributed by atoms with Crippen molar-refractivity contribution in [3.05, 3.63) is 80.0 Å². The van der Waals surface area contributed by atoms with Gasteiger partial charge < -0.3 is 4.57 Å². The van der Waals surface area contributed by atoms with Gasteiger partial charge in [-0.2, -0.15) is 0 Å². The van der Waals surface area contributed by atoms with E-state index >= 15 is 0 Å². The molecule has 0 fully saturated rings. The van der Waals surface area contributed by atoms with Gasteiger partial charge >= 0.3 is 0 Å². The highest BCUT2D eigenvalue weighted by Gasteiger charge is 2.09. The van der Waals surface area contributed by atoms with Gasteiger partial charge in [0.1, 0.15) is 0 Å². The number of hydrogen-bond donors (Lipinski definition) is 0. The Labute approximate surface area is 159 Å². The van der Waals surface area contributed by atoms with E-state index in [1.165, 1.54) is 17.0 Å². The molecular formula is C20H18Br2N2. The first-order valence-corrected chi connectivity index (χ1v) is 9.29. The zero-order valence-electron chi connectivity index (χ0n) is 13.8. The summed E-state index contributed by atoms with van der Waals surface area (Å²) >= 11 is 7.07. The van der Waals surface area contributed by atoms with Gasteiger partial charge in [-0.15, -0.1) is 0 Å². The van der Waals surface area contributed by atoms with E-state index in [9.17, 15) is 0 Å². The third-order valence-electron chi connectivity index (χ3n) is 4.00. The third kappa shape index (κ3) is 3.55. The lowest BCUT2D eigenvalue weighted by Gasteiger charge is -2.09. The Kier molecular flexibility index (Phi) is 5.07. The molecule has 1 aromatic heterocycles. The van der Waals surface area contributed by atoms with Crippen molar-refractivity contribution in [2.75, 3.05) is 0 Å². The minimum atomic E-state index is 0.939. The monoisotopic (exact) mass is 444 g/mol. The molecule has 0 radical (unpaired) electrons. The summed E-state index contributed by atoms with van der Waals surface area (Å²) in [5.74, 6) is 0. The second-order valence-corrected chi connectivity index (χ2v) is 7.62. The lowest BCUT2D eigenvalue weighted by atomic mass is 10.2. The van der Waals surface area contributed by atoms with Crippen LogP contribution in [0.1, 0.15) is 22.5 Å². The lowest BCUT2D eigenvalue weighted by Crippen LogP contribution is -1.99. The van der Waals surface area contributed by atoms with Gasteiger partial charge in [-0.05, 0) is 84.7 Å². The average molecular weight is 446 g/mol. The van der Waals surface area contributed by atoms with Crippen LogP contribution in [0.15, 0.2) is 62.5 Å². The van der Waals surface area contributed by atoms with E-state index in [4.69, 9.17) is 0 Å². The molecule has 0 aliphatic carbocycles. The van der Waals surface area contributed by atoms with Gasteiger partial charge in [0.25, 0.3) is 0 Å². The number of aliphatic imine (C=N–C) groups is 1. The Bertz CT molecular complexity index is 906. The normalized spacial score (nSPS) is 11.4. The van der Waals surface area contributed by atoms with Crippen molar-refractivity contribution < 1.29 is 0 Å². The largest absolute Gasteiger partial charge is 0.318 e. The van der Waals surface area contributed by atoms with Crippen molar-refractivity contribution in [3.63, 3.8) is 0 Å². The van der Waals surface area contributed by atoms with Gasteiger partial charge in [0, 0.05) is 37.8 Å². The van der Waals surface area contributed by atoms with Crippen LogP contribution < -0.4 is 0 Å². The molecule has 0 unspecified atom stereocenters. The topological polar surface area (TPSA) is 17.3 Å². The van der Waals surface area contributed by atoms with Crippen LogP contribution in [0.5, 0.6) is 0 Å². The smallest absolute Gasteiger partial charge is 0.0772 e. The predicted octanol–water partition coefficient (Wildman–Crippen LogP) is 6.68. The minimum Gasteiger partial charge on any atom is -0.318 e. The molecule has 24 heavy (non-hydrogen) atoms. The fourth-order valence-corrected chi connectivity index (χ4v) is 3.62. The molecule has 0 amide bonds. The maximum atomic E-state index is 4.65. The summed E-state index contributed by atoms with van der Waals surface area (Å²) in [6, 6.07) is 16.7. The first-order chi connectivity index (χ1) is 11.5. The number of rotatable bonds is 3. The molecule has 122 valence electrons. The Hall–Kier alpha value is -1.65. The van der Waals surface area contributed by atoms with Gasteiger partial charge in [-0.25, -0.2) is 0 Å². The molecule has 0 saturated heterocycles. The van der Waals surface area contributed by atoms with E-state index in [0.717, 1.165) is 25.9 Å². The van der Waals surface area contributed by atoms with Crippen molar-refractivity contribution >= 4 is 43.8 Å². The summed E-state index contributed by atoms with van der Waals surface area (Å²) in [6.45, 7) is 6.32. The fraction of sp³-hybridized carbons (Fsp3) is 0.150. The van der Waals surface area contributed by atoms with E-state index in [0.29, 0.717) is 0 Å². The van der Waals surface area contributed by atoms with Crippen LogP contribution in [0, 0.1) is 20.8 Å². The molecule has 3 aromatic rings. The zero-order valence-corrected chi connectivity index (χ0v) is 17.0. The van der Waals surface area contributed by atoms with Gasteiger partial charge in [0.15, 0.2) is 0 Å². The van der Waals surface area contributed by atoms with Crippen molar-refractivity contribution in [1.29, 1.82) is 0 Å². The lowest BCUT2D eigenvalue weighted by molar-refractivity contribution is 0.964.